The molecule has 3 atom stereocenters. The van der Waals surface area contributed by atoms with Crippen LogP contribution in [0, 0.1) is 9.49 Å². The molecule has 0 heterocycles. The number of nitrogens with one attached hydrogen (secondary N) is 1. The zero-order valence-corrected chi connectivity index (χ0v) is 26.0. The van der Waals surface area contributed by atoms with Gasteiger partial charge in [0.1, 0.15) is 18.0 Å². The van der Waals surface area contributed by atoms with E-state index in [2.05, 4.69) is 27.9 Å². The number of amides is 2. The lowest BCUT2D eigenvalue weighted by Crippen LogP contribution is -2.56. The number of carbonyl (C=O) groups is 2. The molecule has 2 aromatic rings. The summed E-state index contributed by atoms with van der Waals surface area (Å²) in [4.78, 5) is 28.2. The molecule has 0 aromatic heterocycles. The zero-order chi connectivity index (χ0) is 30.1. The van der Waals surface area contributed by atoms with Gasteiger partial charge in [-0.15, -0.1) is 0 Å². The number of benzene rings is 2. The summed E-state index contributed by atoms with van der Waals surface area (Å²) in [6.07, 6.45) is 0.00512. The molecule has 0 spiro atoms. The molecule has 3 unspecified atom stereocenters. The number of methoxy groups -OCH3 is 2. The van der Waals surface area contributed by atoms with Gasteiger partial charge in [0.2, 0.25) is 11.8 Å². The summed E-state index contributed by atoms with van der Waals surface area (Å²) >= 11 is 2.06. The number of rotatable bonds is 13. The van der Waals surface area contributed by atoms with E-state index in [-0.39, 0.29) is 38.0 Å². The predicted molar refractivity (Wildman–Crippen MR) is 162 cm³/mol. The molecule has 41 heavy (non-hydrogen) atoms. The van der Waals surface area contributed by atoms with E-state index in [1.807, 2.05) is 24.3 Å². The van der Waals surface area contributed by atoms with Crippen molar-refractivity contribution in [1.29, 1.82) is 0 Å². The molecule has 4 N–H and O–H groups in total. The summed E-state index contributed by atoms with van der Waals surface area (Å²) in [5.41, 5.74) is 1.93. The fourth-order valence-corrected chi connectivity index (χ4v) is 5.54. The number of hydrogen-bond acceptors (Lipinski definition) is 8. The molecule has 0 bridgehead atoms. The van der Waals surface area contributed by atoms with Crippen molar-refractivity contribution in [2.75, 3.05) is 33.9 Å². The van der Waals surface area contributed by atoms with Crippen molar-refractivity contribution in [2.24, 2.45) is 5.92 Å². The molecule has 1 aliphatic rings. The van der Waals surface area contributed by atoms with Crippen LogP contribution in [0.3, 0.4) is 0 Å². The minimum Gasteiger partial charge on any atom is -0.497 e. The Kier molecular flexibility index (Phi) is 12.2. The van der Waals surface area contributed by atoms with Crippen LogP contribution >= 0.6 is 22.6 Å². The second-order valence-corrected chi connectivity index (χ2v) is 11.2. The van der Waals surface area contributed by atoms with Crippen LogP contribution in [-0.4, -0.2) is 84.2 Å². The number of aliphatic hydroxyl groups excluding tert-OH is 3. The van der Waals surface area contributed by atoms with Crippen molar-refractivity contribution < 1.29 is 39.1 Å². The first kappa shape index (κ1) is 32.6. The van der Waals surface area contributed by atoms with Crippen LogP contribution in [0.4, 0.5) is 0 Å². The molecule has 0 radical (unpaired) electrons. The van der Waals surface area contributed by atoms with Gasteiger partial charge in [-0.1, -0.05) is 26.0 Å². The van der Waals surface area contributed by atoms with Gasteiger partial charge in [0, 0.05) is 31.0 Å². The van der Waals surface area contributed by atoms with Crippen LogP contribution in [0.2, 0.25) is 0 Å². The quantitative estimate of drug-likeness (QED) is 0.237. The normalized spacial score (nSPS) is 18.5. The van der Waals surface area contributed by atoms with Gasteiger partial charge in [-0.25, -0.2) is 0 Å². The lowest BCUT2D eigenvalue weighted by atomic mass is 9.87. The predicted octanol–water partition coefficient (Wildman–Crippen LogP) is 2.44. The average Bonchev–Trinajstić information content (AvgIpc) is 2.97. The van der Waals surface area contributed by atoms with Gasteiger partial charge < -0.3 is 39.7 Å². The number of nitrogens with zero attached hydrogens (tertiary/aromatic N) is 1. The van der Waals surface area contributed by atoms with Crippen LogP contribution in [0.5, 0.6) is 17.2 Å². The third kappa shape index (κ3) is 8.34. The lowest BCUT2D eigenvalue weighted by molar-refractivity contribution is -0.141. The molecular formula is C30H39IN2O8. The lowest BCUT2D eigenvalue weighted by Gasteiger charge is -2.41. The molecule has 0 saturated heterocycles. The number of aliphatic hydroxyl groups is 3. The maximum atomic E-state index is 13.5. The highest BCUT2D eigenvalue weighted by Gasteiger charge is 2.41. The highest BCUT2D eigenvalue weighted by atomic mass is 127. The number of hydrogen-bond donors (Lipinski definition) is 4. The molecule has 224 valence electrons. The highest BCUT2D eigenvalue weighted by Crippen LogP contribution is 2.37. The number of ether oxygens (including phenoxy) is 3. The highest BCUT2D eigenvalue weighted by molar-refractivity contribution is 14.1. The van der Waals surface area contributed by atoms with Crippen LogP contribution < -0.4 is 19.5 Å². The van der Waals surface area contributed by atoms with Gasteiger partial charge in [0.15, 0.2) is 11.5 Å². The van der Waals surface area contributed by atoms with E-state index in [0.29, 0.717) is 44.9 Å². The maximum Gasteiger partial charge on any atom is 0.247 e. The number of carbonyl (C=O) groups excluding carboxylic acids is 2. The van der Waals surface area contributed by atoms with Crippen LogP contribution in [0.25, 0.3) is 0 Å². The molecule has 2 amide bonds. The Hall–Kier alpha value is -2.87. The van der Waals surface area contributed by atoms with Gasteiger partial charge >= 0.3 is 0 Å². The molecule has 11 heteroatoms. The molecule has 0 fully saturated rings. The Morgan fingerprint density at radius 2 is 1.88 bits per heavy atom. The fourth-order valence-electron chi connectivity index (χ4n) is 4.74. The Morgan fingerprint density at radius 3 is 2.51 bits per heavy atom. The van der Waals surface area contributed by atoms with E-state index in [1.54, 1.807) is 44.1 Å². The second kappa shape index (κ2) is 15.4. The minimum atomic E-state index is -1.17. The van der Waals surface area contributed by atoms with E-state index < -0.39 is 24.2 Å². The Balaban J connectivity index is 1.99. The summed E-state index contributed by atoms with van der Waals surface area (Å²) < 4.78 is 17.8. The summed E-state index contributed by atoms with van der Waals surface area (Å²) in [5, 5.41) is 33.2. The molecule has 3 rings (SSSR count). The van der Waals surface area contributed by atoms with E-state index >= 15 is 0 Å². The van der Waals surface area contributed by atoms with Crippen molar-refractivity contribution in [3.05, 3.63) is 62.7 Å². The second-order valence-electron chi connectivity index (χ2n) is 10.1. The molecule has 0 aliphatic heterocycles. The van der Waals surface area contributed by atoms with Crippen molar-refractivity contribution in [2.45, 2.75) is 51.5 Å². The maximum absolute atomic E-state index is 13.5. The monoisotopic (exact) mass is 682 g/mol. The average molecular weight is 683 g/mol. The first-order chi connectivity index (χ1) is 19.6. The van der Waals surface area contributed by atoms with Crippen molar-refractivity contribution >= 4 is 34.4 Å². The van der Waals surface area contributed by atoms with E-state index in [1.165, 1.54) is 7.11 Å². The van der Waals surface area contributed by atoms with Crippen molar-refractivity contribution in [1.82, 2.24) is 10.2 Å². The number of halogens is 1. The van der Waals surface area contributed by atoms with Gasteiger partial charge in [-0.3, -0.25) is 9.59 Å². The topological polar surface area (TPSA) is 138 Å². The first-order valence-electron chi connectivity index (χ1n) is 13.5. The molecule has 2 aromatic carbocycles. The molecule has 1 aliphatic carbocycles. The summed E-state index contributed by atoms with van der Waals surface area (Å²) in [7, 11) is 3.07. The smallest absolute Gasteiger partial charge is 0.247 e. The largest absolute Gasteiger partial charge is 0.497 e. The minimum absolute atomic E-state index is 0.0632. The molecular weight excluding hydrogens is 643 g/mol. The summed E-state index contributed by atoms with van der Waals surface area (Å²) in [5.74, 6) is 0.495. The summed E-state index contributed by atoms with van der Waals surface area (Å²) in [6, 6.07) is 10.2. The summed E-state index contributed by atoms with van der Waals surface area (Å²) in [6.45, 7) is 3.55. The molecule has 10 nitrogen and oxygen atoms in total. The Bertz CT molecular complexity index is 1230. The van der Waals surface area contributed by atoms with Gasteiger partial charge in [0.05, 0.1) is 37.0 Å². The third-order valence-electron chi connectivity index (χ3n) is 6.89. The Morgan fingerprint density at radius 1 is 1.12 bits per heavy atom. The van der Waals surface area contributed by atoms with Crippen molar-refractivity contribution in [3.8, 4) is 17.2 Å². The van der Waals surface area contributed by atoms with Crippen molar-refractivity contribution in [3.63, 3.8) is 0 Å². The van der Waals surface area contributed by atoms with E-state index in [0.717, 1.165) is 5.56 Å². The van der Waals surface area contributed by atoms with Crippen LogP contribution in [0.1, 0.15) is 31.4 Å². The third-order valence-corrected chi connectivity index (χ3v) is 7.69. The van der Waals surface area contributed by atoms with Gasteiger partial charge in [0.25, 0.3) is 0 Å². The SMILES string of the molecule is COc1cccc(CCN(C(=O)C(C)C)C2CC(C(=O)NCCO)=CC(Oc3c(I)cc(CO)cc3OC)C2O)c1. The molecule has 0 saturated carbocycles. The first-order valence-corrected chi connectivity index (χ1v) is 14.6. The fraction of sp³-hybridized carbons (Fsp3) is 0.467. The standard InChI is InChI=1S/C30H39IN2O8/c1-18(2)30(38)33(10-8-19-6-5-7-22(12-19)39-3)24-15-21(29(37)32-9-11-34)16-25(27(24)36)41-28-23(31)13-20(17-35)14-26(28)40-4/h5-7,12-14,16,18,24-25,27,34-36H,8-11,15,17H2,1-4H3,(H,32,37). The van der Waals surface area contributed by atoms with Crippen LogP contribution in [-0.2, 0) is 22.6 Å². The zero-order valence-electron chi connectivity index (χ0n) is 23.8. The van der Waals surface area contributed by atoms with E-state index in [9.17, 15) is 24.9 Å². The Labute approximate surface area is 254 Å². The van der Waals surface area contributed by atoms with Crippen LogP contribution in [0.15, 0.2) is 48.0 Å². The van der Waals surface area contributed by atoms with Gasteiger partial charge in [-0.2, -0.15) is 0 Å². The van der Waals surface area contributed by atoms with E-state index in [4.69, 9.17) is 14.2 Å². The van der Waals surface area contributed by atoms with Gasteiger partial charge in [-0.05, 0) is 70.5 Å².